The number of ether oxygens (including phenoxy) is 1. The van der Waals surface area contributed by atoms with E-state index in [4.69, 9.17) is 4.74 Å². The van der Waals surface area contributed by atoms with E-state index in [2.05, 4.69) is 20.8 Å². The number of thioether (sulfide) groups is 1. The molecule has 0 radical (unpaired) electrons. The van der Waals surface area contributed by atoms with Gasteiger partial charge in [-0.1, -0.05) is 0 Å². The largest absolute Gasteiger partial charge is 0.441 e. The van der Waals surface area contributed by atoms with Crippen LogP contribution in [-0.4, -0.2) is 51.7 Å². The molecule has 0 aliphatic carbocycles. The van der Waals surface area contributed by atoms with Gasteiger partial charge in [0, 0.05) is 19.4 Å². The molecule has 1 aromatic heterocycles. The number of hydrogen-bond donors (Lipinski definition) is 1. The third kappa shape index (κ3) is 6.21. The van der Waals surface area contributed by atoms with Crippen LogP contribution >= 0.6 is 11.8 Å². The second kappa shape index (κ2) is 7.65. The van der Waals surface area contributed by atoms with E-state index in [0.717, 1.165) is 0 Å². The molecule has 1 unspecified atom stereocenters. The molecule has 1 N–H and O–H groups in total. The average molecular weight is 299 g/mol. The molecule has 0 aliphatic heterocycles. The van der Waals surface area contributed by atoms with Crippen molar-refractivity contribution >= 4 is 11.8 Å². The lowest BCUT2D eigenvalue weighted by atomic mass is 10.3. The van der Waals surface area contributed by atoms with Crippen molar-refractivity contribution in [3.8, 4) is 0 Å². The fourth-order valence-corrected chi connectivity index (χ4v) is 1.89. The van der Waals surface area contributed by atoms with Gasteiger partial charge in [-0.15, -0.1) is 5.10 Å². The fraction of sp³-hybridized carbons (Fsp3) is 0.889. The van der Waals surface area contributed by atoms with E-state index in [1.165, 1.54) is 4.68 Å². The highest BCUT2D eigenvalue weighted by atomic mass is 32.2. The number of rotatable bonds is 8. The van der Waals surface area contributed by atoms with E-state index in [1.54, 1.807) is 7.11 Å². The fourth-order valence-electron chi connectivity index (χ4n) is 1.40. The molecule has 19 heavy (non-hydrogen) atoms. The first-order valence-corrected chi connectivity index (χ1v) is 6.61. The first-order valence-electron chi connectivity index (χ1n) is 5.63. The quantitative estimate of drug-likeness (QED) is 0.728. The summed E-state index contributed by atoms with van der Waals surface area (Å²) in [6.45, 7) is 3.11. The summed E-state index contributed by atoms with van der Waals surface area (Å²) < 4.78 is 42.3. The summed E-state index contributed by atoms with van der Waals surface area (Å²) in [6, 6.07) is -0.152. The molecule has 0 amide bonds. The Morgan fingerprint density at radius 2 is 2.21 bits per heavy atom. The van der Waals surface area contributed by atoms with Crippen molar-refractivity contribution in [1.29, 1.82) is 0 Å². The smallest absolute Gasteiger partial charge is 0.383 e. The van der Waals surface area contributed by atoms with Crippen LogP contribution < -0.4 is 5.32 Å². The number of halogens is 3. The summed E-state index contributed by atoms with van der Waals surface area (Å²) >= 11 is -0.0831. The predicted molar refractivity (Wildman–Crippen MR) is 64.6 cm³/mol. The van der Waals surface area contributed by atoms with Gasteiger partial charge in [0.25, 0.3) is 0 Å². The molecule has 0 bridgehead atoms. The maximum Gasteiger partial charge on any atom is 0.441 e. The molecule has 1 atom stereocenters. The molecule has 6 nitrogen and oxygen atoms in total. The Morgan fingerprint density at radius 3 is 2.84 bits per heavy atom. The van der Waals surface area contributed by atoms with E-state index in [1.807, 2.05) is 6.92 Å². The Balaban J connectivity index is 2.45. The number of alkyl halides is 3. The van der Waals surface area contributed by atoms with Gasteiger partial charge in [0.1, 0.15) is 0 Å². The van der Waals surface area contributed by atoms with Crippen molar-refractivity contribution in [2.45, 2.75) is 25.0 Å². The summed E-state index contributed by atoms with van der Waals surface area (Å²) in [5, 5.41) is 14.1. The van der Waals surface area contributed by atoms with Crippen molar-refractivity contribution in [3.05, 3.63) is 5.82 Å². The Labute approximate surface area is 113 Å². The molecule has 0 fully saturated rings. The topological polar surface area (TPSA) is 64.9 Å². The predicted octanol–water partition coefficient (Wildman–Crippen LogP) is 1.22. The van der Waals surface area contributed by atoms with Crippen LogP contribution in [0, 0.1) is 0 Å². The van der Waals surface area contributed by atoms with Gasteiger partial charge >= 0.3 is 5.51 Å². The van der Waals surface area contributed by atoms with Crippen LogP contribution in [0.4, 0.5) is 13.2 Å². The monoisotopic (exact) mass is 299 g/mol. The summed E-state index contributed by atoms with van der Waals surface area (Å²) in [5.74, 6) is 0.394. The first kappa shape index (κ1) is 16.2. The molecule has 0 aliphatic rings. The van der Waals surface area contributed by atoms with Crippen LogP contribution in [0.3, 0.4) is 0 Å². The van der Waals surface area contributed by atoms with Crippen LogP contribution in [0.15, 0.2) is 0 Å². The summed E-state index contributed by atoms with van der Waals surface area (Å²) in [5.41, 5.74) is -4.23. The van der Waals surface area contributed by atoms with E-state index in [0.29, 0.717) is 19.0 Å². The zero-order chi connectivity index (χ0) is 14.3. The molecular weight excluding hydrogens is 283 g/mol. The number of tetrazole rings is 1. The maximum absolute atomic E-state index is 12.0. The Morgan fingerprint density at radius 1 is 1.47 bits per heavy atom. The molecule has 110 valence electrons. The van der Waals surface area contributed by atoms with Crippen LogP contribution in [0.5, 0.6) is 0 Å². The average Bonchev–Trinajstić information content (AvgIpc) is 2.76. The van der Waals surface area contributed by atoms with Gasteiger partial charge in [-0.2, -0.15) is 13.2 Å². The summed E-state index contributed by atoms with van der Waals surface area (Å²) in [7, 11) is 1.59. The highest BCUT2D eigenvalue weighted by Gasteiger charge is 2.28. The molecule has 0 saturated carbocycles. The minimum atomic E-state index is -4.23. The van der Waals surface area contributed by atoms with Gasteiger partial charge in [0.2, 0.25) is 0 Å². The van der Waals surface area contributed by atoms with Crippen LogP contribution in [0.1, 0.15) is 18.8 Å². The van der Waals surface area contributed by atoms with Gasteiger partial charge in [0.05, 0.1) is 19.2 Å². The zero-order valence-electron chi connectivity index (χ0n) is 10.6. The lowest BCUT2D eigenvalue weighted by Crippen LogP contribution is -2.26. The first-order chi connectivity index (χ1) is 8.94. The second-order valence-corrected chi connectivity index (χ2v) is 4.88. The van der Waals surface area contributed by atoms with Gasteiger partial charge in [-0.3, -0.25) is 0 Å². The molecule has 1 rings (SSSR count). The molecule has 0 aromatic carbocycles. The molecule has 1 heterocycles. The number of nitrogens with zero attached hydrogens (tertiary/aromatic N) is 4. The Hall–Kier alpha value is -0.870. The van der Waals surface area contributed by atoms with E-state index in [9.17, 15) is 13.2 Å². The second-order valence-electron chi connectivity index (χ2n) is 3.72. The van der Waals surface area contributed by atoms with Crippen molar-refractivity contribution in [2.75, 3.05) is 26.0 Å². The SMILES string of the molecule is COCCNC(C)c1nnnn1CCSC(F)(F)F. The number of aromatic nitrogens is 4. The normalized spacial score (nSPS) is 13.7. The van der Waals surface area contributed by atoms with Crippen LogP contribution in [0.25, 0.3) is 0 Å². The number of methoxy groups -OCH3 is 1. The lowest BCUT2D eigenvalue weighted by Gasteiger charge is -2.13. The van der Waals surface area contributed by atoms with Crippen molar-refractivity contribution in [1.82, 2.24) is 25.5 Å². The Bertz CT molecular complexity index is 373. The van der Waals surface area contributed by atoms with Crippen LogP contribution in [0.2, 0.25) is 0 Å². The third-order valence-corrected chi connectivity index (χ3v) is 2.99. The maximum atomic E-state index is 12.0. The highest BCUT2D eigenvalue weighted by molar-refractivity contribution is 8.00. The van der Waals surface area contributed by atoms with Crippen molar-refractivity contribution in [2.24, 2.45) is 0 Å². The van der Waals surface area contributed by atoms with Crippen LogP contribution in [-0.2, 0) is 11.3 Å². The zero-order valence-corrected chi connectivity index (χ0v) is 11.5. The van der Waals surface area contributed by atoms with E-state index < -0.39 is 5.51 Å². The summed E-state index contributed by atoms with van der Waals surface area (Å²) in [6.07, 6.45) is 0. The van der Waals surface area contributed by atoms with Gasteiger partial charge in [0.15, 0.2) is 5.82 Å². The van der Waals surface area contributed by atoms with E-state index in [-0.39, 0.29) is 30.1 Å². The van der Waals surface area contributed by atoms with Crippen molar-refractivity contribution in [3.63, 3.8) is 0 Å². The minimum Gasteiger partial charge on any atom is -0.383 e. The number of aryl methyl sites for hydroxylation is 1. The van der Waals surface area contributed by atoms with E-state index >= 15 is 0 Å². The standard InChI is InChI=1S/C9H16F3N5OS/c1-7(13-3-5-18-2)8-14-15-16-17(8)4-6-19-9(10,11)12/h7,13H,3-6H2,1-2H3. The summed E-state index contributed by atoms with van der Waals surface area (Å²) in [4.78, 5) is 0. The molecular formula is C9H16F3N5OS. The molecule has 10 heteroatoms. The number of hydrogen-bond acceptors (Lipinski definition) is 6. The van der Waals surface area contributed by atoms with Gasteiger partial charge < -0.3 is 10.1 Å². The third-order valence-electron chi connectivity index (χ3n) is 2.27. The van der Waals surface area contributed by atoms with Crippen molar-refractivity contribution < 1.29 is 17.9 Å². The Kier molecular flexibility index (Phi) is 6.52. The number of nitrogens with one attached hydrogen (secondary N) is 1. The molecule has 0 spiro atoms. The minimum absolute atomic E-state index is 0.0831. The molecule has 0 saturated heterocycles. The lowest BCUT2D eigenvalue weighted by molar-refractivity contribution is -0.0328. The van der Waals surface area contributed by atoms with Gasteiger partial charge in [-0.25, -0.2) is 4.68 Å². The van der Waals surface area contributed by atoms with Gasteiger partial charge in [-0.05, 0) is 29.1 Å². The molecule has 1 aromatic rings. The highest BCUT2D eigenvalue weighted by Crippen LogP contribution is 2.30.